The van der Waals surface area contributed by atoms with Crippen LogP contribution in [0.3, 0.4) is 0 Å². The average Bonchev–Trinajstić information content (AvgIpc) is 2.49. The topological polar surface area (TPSA) is 32.3 Å². The Bertz CT molecular complexity index is 543. The van der Waals surface area contributed by atoms with E-state index >= 15 is 0 Å². The summed E-state index contributed by atoms with van der Waals surface area (Å²) in [6.07, 6.45) is 0. The maximum atomic E-state index is 12.1. The van der Waals surface area contributed by atoms with Crippen LogP contribution >= 0.6 is 12.4 Å². The summed E-state index contributed by atoms with van der Waals surface area (Å²) >= 11 is 0. The molecule has 2 rings (SSSR count). The summed E-state index contributed by atoms with van der Waals surface area (Å²) in [5.41, 5.74) is 1.89. The molecule has 0 saturated heterocycles. The van der Waals surface area contributed by atoms with Crippen molar-refractivity contribution in [3.63, 3.8) is 0 Å². The second-order valence-corrected chi connectivity index (χ2v) is 4.97. The molecule has 0 bridgehead atoms. The first kappa shape index (κ1) is 17.2. The van der Waals surface area contributed by atoms with Gasteiger partial charge in [-0.15, -0.1) is 12.4 Å². The van der Waals surface area contributed by atoms with E-state index in [1.807, 2.05) is 62.6 Å². The first-order valence-corrected chi connectivity index (χ1v) is 6.73. The third kappa shape index (κ3) is 4.88. The smallest absolute Gasteiger partial charge is 0.251 e. The van der Waals surface area contributed by atoms with Gasteiger partial charge in [0.15, 0.2) is 0 Å². The number of likely N-dealkylation sites (N-methyl/N-ethyl adjacent to an activating group) is 1. The quantitative estimate of drug-likeness (QED) is 0.920. The normalized spacial score (nSPS) is 11.6. The summed E-state index contributed by atoms with van der Waals surface area (Å²) in [6, 6.07) is 19.7. The molecule has 0 heterocycles. The SMILES string of the molecule is CN(C)C(CNC(=O)c1ccccc1)c1ccccc1.Cl. The van der Waals surface area contributed by atoms with Gasteiger partial charge < -0.3 is 10.2 Å². The van der Waals surface area contributed by atoms with Gasteiger partial charge in [-0.2, -0.15) is 0 Å². The molecule has 1 N–H and O–H groups in total. The number of carbonyl (C=O) groups is 1. The molecule has 21 heavy (non-hydrogen) atoms. The first-order valence-electron chi connectivity index (χ1n) is 6.73. The van der Waals surface area contributed by atoms with E-state index in [9.17, 15) is 4.79 Å². The molecule has 0 spiro atoms. The van der Waals surface area contributed by atoms with Crippen LogP contribution < -0.4 is 5.32 Å². The van der Waals surface area contributed by atoms with E-state index in [2.05, 4.69) is 22.3 Å². The molecule has 1 atom stereocenters. The molecule has 0 aliphatic rings. The van der Waals surface area contributed by atoms with Crippen LogP contribution in [0.5, 0.6) is 0 Å². The highest BCUT2D eigenvalue weighted by molar-refractivity contribution is 5.94. The van der Waals surface area contributed by atoms with Gasteiger partial charge in [-0.25, -0.2) is 0 Å². The molecule has 0 aromatic heterocycles. The number of nitrogens with zero attached hydrogens (tertiary/aromatic N) is 1. The number of amides is 1. The number of carbonyl (C=O) groups excluding carboxylic acids is 1. The highest BCUT2D eigenvalue weighted by Gasteiger charge is 2.15. The number of nitrogens with one attached hydrogen (secondary N) is 1. The molecular weight excluding hydrogens is 284 g/mol. The van der Waals surface area contributed by atoms with Gasteiger partial charge in [-0.3, -0.25) is 4.79 Å². The number of halogens is 1. The minimum atomic E-state index is -0.0339. The number of hydrogen-bond acceptors (Lipinski definition) is 2. The van der Waals surface area contributed by atoms with E-state index in [-0.39, 0.29) is 24.4 Å². The predicted octanol–water partition coefficient (Wildman–Crippen LogP) is 3.14. The summed E-state index contributed by atoms with van der Waals surface area (Å²) in [5, 5.41) is 3.00. The van der Waals surface area contributed by atoms with E-state index in [1.165, 1.54) is 5.56 Å². The van der Waals surface area contributed by atoms with Crippen LogP contribution in [0.1, 0.15) is 22.0 Å². The maximum absolute atomic E-state index is 12.1. The Balaban J connectivity index is 0.00000220. The molecule has 1 amide bonds. The van der Waals surface area contributed by atoms with Crippen molar-refractivity contribution >= 4 is 18.3 Å². The van der Waals surface area contributed by atoms with Crippen molar-refractivity contribution in [1.29, 1.82) is 0 Å². The summed E-state index contributed by atoms with van der Waals surface area (Å²) < 4.78 is 0. The van der Waals surface area contributed by atoms with E-state index in [0.717, 1.165) is 0 Å². The molecular formula is C17H21ClN2O. The Morgan fingerprint density at radius 1 is 1.00 bits per heavy atom. The zero-order valence-corrected chi connectivity index (χ0v) is 13.1. The van der Waals surface area contributed by atoms with Gasteiger partial charge in [-0.1, -0.05) is 48.5 Å². The van der Waals surface area contributed by atoms with Crippen LogP contribution in [0.25, 0.3) is 0 Å². The standard InChI is InChI=1S/C17H20N2O.ClH/c1-19(2)16(14-9-5-3-6-10-14)13-18-17(20)15-11-7-4-8-12-15;/h3-12,16H,13H2,1-2H3,(H,18,20);1H. The summed E-state index contributed by atoms with van der Waals surface area (Å²) in [6.45, 7) is 0.588. The Morgan fingerprint density at radius 2 is 1.52 bits per heavy atom. The summed E-state index contributed by atoms with van der Waals surface area (Å²) in [4.78, 5) is 14.2. The van der Waals surface area contributed by atoms with Gasteiger partial charge >= 0.3 is 0 Å². The van der Waals surface area contributed by atoms with Gasteiger partial charge in [0.25, 0.3) is 5.91 Å². The van der Waals surface area contributed by atoms with Gasteiger partial charge in [-0.05, 0) is 31.8 Å². The lowest BCUT2D eigenvalue weighted by atomic mass is 10.1. The molecule has 3 nitrogen and oxygen atoms in total. The molecule has 0 aliphatic heterocycles. The Hall–Kier alpha value is -1.84. The van der Waals surface area contributed by atoms with Crippen LogP contribution in [0.2, 0.25) is 0 Å². The number of benzene rings is 2. The molecule has 4 heteroatoms. The Kier molecular flexibility index (Phi) is 6.92. The molecule has 0 aliphatic carbocycles. The van der Waals surface area contributed by atoms with Crippen LogP contribution in [0.15, 0.2) is 60.7 Å². The van der Waals surface area contributed by atoms with Gasteiger partial charge in [0, 0.05) is 12.1 Å². The molecule has 1 unspecified atom stereocenters. The number of hydrogen-bond donors (Lipinski definition) is 1. The van der Waals surface area contributed by atoms with E-state index in [4.69, 9.17) is 0 Å². The third-order valence-corrected chi connectivity index (χ3v) is 3.30. The molecule has 2 aromatic rings. The summed E-state index contributed by atoms with van der Waals surface area (Å²) in [5.74, 6) is -0.0339. The maximum Gasteiger partial charge on any atom is 0.251 e. The third-order valence-electron chi connectivity index (χ3n) is 3.30. The number of rotatable bonds is 5. The minimum Gasteiger partial charge on any atom is -0.350 e. The Morgan fingerprint density at radius 3 is 2.05 bits per heavy atom. The van der Waals surface area contributed by atoms with Crippen molar-refractivity contribution in [1.82, 2.24) is 10.2 Å². The van der Waals surface area contributed by atoms with Gasteiger partial charge in [0.1, 0.15) is 0 Å². The van der Waals surface area contributed by atoms with Crippen LogP contribution in [0.4, 0.5) is 0 Å². The van der Waals surface area contributed by atoms with Crippen molar-refractivity contribution < 1.29 is 4.79 Å². The predicted molar refractivity (Wildman–Crippen MR) is 88.9 cm³/mol. The van der Waals surface area contributed by atoms with Crippen LogP contribution in [0, 0.1) is 0 Å². The molecule has 0 radical (unpaired) electrons. The fraction of sp³-hybridized carbons (Fsp3) is 0.235. The van der Waals surface area contributed by atoms with Crippen molar-refractivity contribution in [2.75, 3.05) is 20.6 Å². The van der Waals surface area contributed by atoms with Crippen LogP contribution in [-0.2, 0) is 0 Å². The zero-order valence-electron chi connectivity index (χ0n) is 12.3. The molecule has 0 fully saturated rings. The van der Waals surface area contributed by atoms with Crippen LogP contribution in [-0.4, -0.2) is 31.4 Å². The fourth-order valence-corrected chi connectivity index (χ4v) is 2.15. The lowest BCUT2D eigenvalue weighted by molar-refractivity contribution is 0.0942. The minimum absolute atomic E-state index is 0. The monoisotopic (exact) mass is 304 g/mol. The second kappa shape index (κ2) is 8.45. The average molecular weight is 305 g/mol. The lowest BCUT2D eigenvalue weighted by Gasteiger charge is -2.25. The van der Waals surface area contributed by atoms with Gasteiger partial charge in [0.05, 0.1) is 6.04 Å². The zero-order chi connectivity index (χ0) is 14.4. The lowest BCUT2D eigenvalue weighted by Crippen LogP contribution is -2.34. The van der Waals surface area contributed by atoms with Crippen molar-refractivity contribution in [3.05, 3.63) is 71.8 Å². The van der Waals surface area contributed by atoms with Crippen molar-refractivity contribution in [3.8, 4) is 0 Å². The highest BCUT2D eigenvalue weighted by Crippen LogP contribution is 2.16. The van der Waals surface area contributed by atoms with Crippen molar-refractivity contribution in [2.45, 2.75) is 6.04 Å². The van der Waals surface area contributed by atoms with E-state index in [1.54, 1.807) is 0 Å². The molecule has 0 saturated carbocycles. The molecule has 2 aromatic carbocycles. The van der Waals surface area contributed by atoms with Gasteiger partial charge in [0.2, 0.25) is 0 Å². The second-order valence-electron chi connectivity index (χ2n) is 4.97. The Labute approximate surface area is 132 Å². The largest absolute Gasteiger partial charge is 0.350 e. The summed E-state index contributed by atoms with van der Waals surface area (Å²) in [7, 11) is 4.04. The van der Waals surface area contributed by atoms with E-state index in [0.29, 0.717) is 12.1 Å². The fourth-order valence-electron chi connectivity index (χ4n) is 2.15. The van der Waals surface area contributed by atoms with E-state index < -0.39 is 0 Å². The molecule has 112 valence electrons. The first-order chi connectivity index (χ1) is 9.68. The highest BCUT2D eigenvalue weighted by atomic mass is 35.5. The van der Waals surface area contributed by atoms with Crippen molar-refractivity contribution in [2.24, 2.45) is 0 Å².